The van der Waals surface area contributed by atoms with Gasteiger partial charge in [-0.3, -0.25) is 9.59 Å². The summed E-state index contributed by atoms with van der Waals surface area (Å²) in [6.07, 6.45) is 0.609. The first-order valence-electron chi connectivity index (χ1n) is 6.39. The van der Waals surface area contributed by atoms with Gasteiger partial charge in [0.05, 0.1) is 12.5 Å². The van der Waals surface area contributed by atoms with Crippen molar-refractivity contribution in [3.05, 3.63) is 35.6 Å². The van der Waals surface area contributed by atoms with Crippen LogP contribution in [0.4, 0.5) is 4.39 Å². The molecule has 1 atom stereocenters. The Morgan fingerprint density at radius 2 is 2.05 bits per heavy atom. The maximum absolute atomic E-state index is 12.8. The maximum atomic E-state index is 12.8. The number of aliphatic carboxylic acids is 1. The van der Waals surface area contributed by atoms with Gasteiger partial charge in [0.25, 0.3) is 0 Å². The number of carbonyl (C=O) groups is 2. The molecule has 1 N–H and O–H groups in total. The fourth-order valence-corrected chi connectivity index (χ4v) is 2.17. The largest absolute Gasteiger partial charge is 0.480 e. The van der Waals surface area contributed by atoms with Crippen LogP contribution in [0.2, 0.25) is 0 Å². The van der Waals surface area contributed by atoms with Gasteiger partial charge in [-0.15, -0.1) is 0 Å². The van der Waals surface area contributed by atoms with Crippen molar-refractivity contribution in [2.24, 2.45) is 5.92 Å². The molecule has 1 saturated heterocycles. The van der Waals surface area contributed by atoms with Crippen molar-refractivity contribution in [2.45, 2.75) is 13.0 Å². The van der Waals surface area contributed by atoms with Gasteiger partial charge >= 0.3 is 5.97 Å². The van der Waals surface area contributed by atoms with Crippen LogP contribution in [-0.4, -0.2) is 41.6 Å². The van der Waals surface area contributed by atoms with Gasteiger partial charge in [0.2, 0.25) is 5.91 Å². The molecule has 20 heavy (non-hydrogen) atoms. The van der Waals surface area contributed by atoms with Gasteiger partial charge < -0.3 is 14.7 Å². The number of hydrogen-bond acceptors (Lipinski definition) is 3. The van der Waals surface area contributed by atoms with E-state index in [0.29, 0.717) is 25.2 Å². The molecule has 0 bridgehead atoms. The van der Waals surface area contributed by atoms with Crippen LogP contribution >= 0.6 is 0 Å². The smallest absolute Gasteiger partial charge is 0.323 e. The average molecular weight is 281 g/mol. The maximum Gasteiger partial charge on any atom is 0.323 e. The Morgan fingerprint density at radius 1 is 1.35 bits per heavy atom. The number of hydrogen-bond donors (Lipinski definition) is 1. The average Bonchev–Trinajstić information content (AvgIpc) is 2.93. The molecule has 108 valence electrons. The molecule has 2 rings (SSSR count). The predicted molar refractivity (Wildman–Crippen MR) is 68.4 cm³/mol. The molecule has 1 aromatic carbocycles. The molecule has 1 fully saturated rings. The molecular formula is C14H16FNO4. The summed E-state index contributed by atoms with van der Waals surface area (Å²) in [5.41, 5.74) is 0.694. The minimum atomic E-state index is -1.07. The Morgan fingerprint density at radius 3 is 2.60 bits per heavy atom. The van der Waals surface area contributed by atoms with Crippen molar-refractivity contribution in [1.29, 1.82) is 0 Å². The second kappa shape index (κ2) is 6.47. The Kier molecular flexibility index (Phi) is 4.68. The van der Waals surface area contributed by atoms with E-state index in [1.165, 1.54) is 17.0 Å². The van der Waals surface area contributed by atoms with Crippen LogP contribution in [-0.2, 0) is 20.9 Å². The van der Waals surface area contributed by atoms with E-state index in [1.54, 1.807) is 12.1 Å². The van der Waals surface area contributed by atoms with Crippen LogP contribution in [0.3, 0.4) is 0 Å². The molecule has 6 heteroatoms. The number of nitrogens with zero attached hydrogens (tertiary/aromatic N) is 1. The Bertz CT molecular complexity index is 482. The van der Waals surface area contributed by atoms with E-state index in [0.717, 1.165) is 0 Å². The van der Waals surface area contributed by atoms with Crippen LogP contribution in [0.1, 0.15) is 12.0 Å². The van der Waals surface area contributed by atoms with Crippen LogP contribution in [0, 0.1) is 11.7 Å². The quantitative estimate of drug-likeness (QED) is 0.882. The first-order chi connectivity index (χ1) is 9.56. The molecule has 0 saturated carbocycles. The zero-order valence-corrected chi connectivity index (χ0v) is 10.9. The third-order valence-corrected chi connectivity index (χ3v) is 3.20. The number of carboxylic acid groups (broad SMARTS) is 1. The highest BCUT2D eigenvalue weighted by atomic mass is 19.1. The fraction of sp³-hybridized carbons (Fsp3) is 0.429. The second-order valence-electron chi connectivity index (χ2n) is 4.78. The lowest BCUT2D eigenvalue weighted by Gasteiger charge is -2.23. The number of ether oxygens (including phenoxy) is 1. The van der Waals surface area contributed by atoms with Crippen molar-refractivity contribution < 1.29 is 23.8 Å². The van der Waals surface area contributed by atoms with Gasteiger partial charge in [0, 0.05) is 13.2 Å². The van der Waals surface area contributed by atoms with E-state index >= 15 is 0 Å². The molecule has 1 aliphatic heterocycles. The van der Waals surface area contributed by atoms with Gasteiger partial charge in [0.1, 0.15) is 12.4 Å². The van der Waals surface area contributed by atoms with E-state index in [4.69, 9.17) is 9.84 Å². The summed E-state index contributed by atoms with van der Waals surface area (Å²) in [5, 5.41) is 8.91. The summed E-state index contributed by atoms with van der Waals surface area (Å²) >= 11 is 0. The number of carboxylic acids is 1. The molecule has 5 nitrogen and oxygen atoms in total. The molecule has 0 spiro atoms. The van der Waals surface area contributed by atoms with Crippen LogP contribution in [0.5, 0.6) is 0 Å². The SMILES string of the molecule is O=C(O)CN(Cc1ccc(F)cc1)C(=O)C1CCOC1. The molecule has 1 unspecified atom stereocenters. The highest BCUT2D eigenvalue weighted by Gasteiger charge is 2.29. The molecule has 0 aromatic heterocycles. The van der Waals surface area contributed by atoms with E-state index in [9.17, 15) is 14.0 Å². The van der Waals surface area contributed by atoms with Crippen molar-refractivity contribution in [3.8, 4) is 0 Å². The number of halogens is 1. The van der Waals surface area contributed by atoms with E-state index in [2.05, 4.69) is 0 Å². The lowest BCUT2D eigenvalue weighted by molar-refractivity contribution is -0.146. The molecule has 1 aromatic rings. The van der Waals surface area contributed by atoms with Gasteiger partial charge in [-0.25, -0.2) is 4.39 Å². The minimum absolute atomic E-state index is 0.155. The first kappa shape index (κ1) is 14.5. The van der Waals surface area contributed by atoms with Crippen LogP contribution < -0.4 is 0 Å². The number of benzene rings is 1. The Balaban J connectivity index is 2.08. The van der Waals surface area contributed by atoms with Gasteiger partial charge in [-0.1, -0.05) is 12.1 Å². The summed E-state index contributed by atoms with van der Waals surface area (Å²) in [6.45, 7) is 0.640. The lowest BCUT2D eigenvalue weighted by atomic mass is 10.1. The molecule has 1 aliphatic rings. The summed E-state index contributed by atoms with van der Waals surface area (Å²) in [5.74, 6) is -1.95. The van der Waals surface area contributed by atoms with Gasteiger partial charge in [0.15, 0.2) is 0 Å². The lowest BCUT2D eigenvalue weighted by Crippen LogP contribution is -2.39. The summed E-state index contributed by atoms with van der Waals surface area (Å²) in [4.78, 5) is 24.4. The molecule has 0 radical (unpaired) electrons. The van der Waals surface area contributed by atoms with Crippen molar-refractivity contribution >= 4 is 11.9 Å². The fourth-order valence-electron chi connectivity index (χ4n) is 2.17. The molecule has 0 aliphatic carbocycles. The molecular weight excluding hydrogens is 265 g/mol. The van der Waals surface area contributed by atoms with E-state index < -0.39 is 5.97 Å². The number of rotatable bonds is 5. The van der Waals surface area contributed by atoms with E-state index in [-0.39, 0.29) is 30.7 Å². The van der Waals surface area contributed by atoms with Crippen molar-refractivity contribution in [2.75, 3.05) is 19.8 Å². The molecule has 1 heterocycles. The molecule has 1 amide bonds. The predicted octanol–water partition coefficient (Wildman–Crippen LogP) is 1.28. The summed E-state index contributed by atoms with van der Waals surface area (Å²) in [6, 6.07) is 5.67. The second-order valence-corrected chi connectivity index (χ2v) is 4.78. The van der Waals surface area contributed by atoms with Gasteiger partial charge in [-0.05, 0) is 24.1 Å². The van der Waals surface area contributed by atoms with E-state index in [1.807, 2.05) is 0 Å². The summed E-state index contributed by atoms with van der Waals surface area (Å²) < 4.78 is 18.0. The summed E-state index contributed by atoms with van der Waals surface area (Å²) in [7, 11) is 0. The first-order valence-corrected chi connectivity index (χ1v) is 6.39. The Labute approximate surface area is 116 Å². The monoisotopic (exact) mass is 281 g/mol. The zero-order chi connectivity index (χ0) is 14.5. The number of amides is 1. The Hall–Kier alpha value is -1.95. The normalized spacial score (nSPS) is 17.9. The van der Waals surface area contributed by atoms with Crippen LogP contribution in [0.15, 0.2) is 24.3 Å². The zero-order valence-electron chi connectivity index (χ0n) is 10.9. The minimum Gasteiger partial charge on any atom is -0.480 e. The number of carbonyl (C=O) groups excluding carboxylic acids is 1. The highest BCUT2D eigenvalue weighted by Crippen LogP contribution is 2.17. The highest BCUT2D eigenvalue weighted by molar-refractivity contribution is 5.83. The third kappa shape index (κ3) is 3.77. The topological polar surface area (TPSA) is 66.8 Å². The van der Waals surface area contributed by atoms with Crippen molar-refractivity contribution in [1.82, 2.24) is 4.90 Å². The van der Waals surface area contributed by atoms with Crippen LogP contribution in [0.25, 0.3) is 0 Å². The standard InChI is InChI=1S/C14H16FNO4/c15-12-3-1-10(2-4-12)7-16(8-13(17)18)14(19)11-5-6-20-9-11/h1-4,11H,5-9H2,(H,17,18). The third-order valence-electron chi connectivity index (χ3n) is 3.20. The van der Waals surface area contributed by atoms with Gasteiger partial charge in [-0.2, -0.15) is 0 Å². The van der Waals surface area contributed by atoms with Crippen molar-refractivity contribution in [3.63, 3.8) is 0 Å².